The van der Waals surface area contributed by atoms with Crippen LogP contribution in [0.5, 0.6) is 0 Å². The van der Waals surface area contributed by atoms with E-state index in [1.807, 2.05) is 0 Å². The predicted molar refractivity (Wildman–Crippen MR) is 64.9 cm³/mol. The van der Waals surface area contributed by atoms with Crippen LogP contribution in [0.1, 0.15) is 77.6 Å². The molecule has 0 unspecified atom stereocenters. The topological polar surface area (TPSA) is 0 Å². The van der Waals surface area contributed by atoms with E-state index in [0.29, 0.717) is 0 Å². The van der Waals surface area contributed by atoms with Crippen molar-refractivity contribution in [2.45, 2.75) is 82.9 Å². The van der Waals surface area contributed by atoms with E-state index in [1.165, 1.54) is 64.2 Å². The molecule has 0 heterocycles. The Morgan fingerprint density at radius 3 is 1.50 bits per heavy atom. The highest BCUT2D eigenvalue weighted by atomic mass is 14.2. The average molecular weight is 192 g/mol. The number of hydrogen-bond acceptors (Lipinski definition) is 0. The molecular weight excluding hydrogens is 167 g/mol. The highest BCUT2D eigenvalue weighted by Gasteiger charge is 2.20. The normalized spacial score (nSPS) is 25.2. The Bertz CT molecular complexity index is 130. The molecule has 0 nitrogen and oxygen atoms in total. The fraction of sp³-hybridized carbons (Fsp3) is 1.00. The summed E-state index contributed by atoms with van der Waals surface area (Å²) in [4.78, 5) is 0. The van der Waals surface area contributed by atoms with Gasteiger partial charge in [-0.25, -0.2) is 0 Å². The highest BCUT2D eigenvalue weighted by molar-refractivity contribution is 6.15. The second-order valence-corrected chi connectivity index (χ2v) is 5.04. The Balaban J connectivity index is 2.35. The second-order valence-electron chi connectivity index (χ2n) is 5.04. The molecule has 1 aliphatic rings. The zero-order valence-corrected chi connectivity index (χ0v) is 9.86. The van der Waals surface area contributed by atoms with Crippen LogP contribution in [0.25, 0.3) is 0 Å². The van der Waals surface area contributed by atoms with Gasteiger partial charge in [-0.2, -0.15) is 0 Å². The van der Waals surface area contributed by atoms with E-state index in [1.54, 1.807) is 0 Å². The Kier molecular flexibility index (Phi) is 5.66. The van der Waals surface area contributed by atoms with E-state index >= 15 is 0 Å². The van der Waals surface area contributed by atoms with E-state index < -0.39 is 0 Å². The monoisotopic (exact) mass is 192 g/mol. The third-order valence-corrected chi connectivity index (χ3v) is 3.80. The number of rotatable bonds is 1. The van der Waals surface area contributed by atoms with Gasteiger partial charge in [-0.15, -0.1) is 0 Å². The third-order valence-electron chi connectivity index (χ3n) is 3.80. The summed E-state index contributed by atoms with van der Waals surface area (Å²) in [5.41, 5.74) is 0. The summed E-state index contributed by atoms with van der Waals surface area (Å²) >= 11 is 0. The Labute approximate surface area is 91.3 Å². The first kappa shape index (κ1) is 12.1. The van der Waals surface area contributed by atoms with E-state index in [-0.39, 0.29) is 5.31 Å². The molecule has 1 heteroatoms. The Morgan fingerprint density at radius 1 is 0.786 bits per heavy atom. The maximum absolute atomic E-state index is 6.40. The fourth-order valence-electron chi connectivity index (χ4n) is 2.49. The van der Waals surface area contributed by atoms with Crippen LogP contribution in [0, 0.1) is 0 Å². The molecule has 0 aromatic heterocycles. The van der Waals surface area contributed by atoms with Crippen LogP contribution in [-0.2, 0) is 0 Å². The van der Waals surface area contributed by atoms with Crippen molar-refractivity contribution in [3.63, 3.8) is 0 Å². The van der Waals surface area contributed by atoms with Gasteiger partial charge in [-0.1, -0.05) is 82.9 Å². The quantitative estimate of drug-likeness (QED) is 0.531. The van der Waals surface area contributed by atoms with Crippen molar-refractivity contribution in [2.24, 2.45) is 0 Å². The average Bonchev–Trinajstić information content (AvgIpc) is 2.24. The third kappa shape index (κ3) is 4.53. The van der Waals surface area contributed by atoms with Crippen LogP contribution in [0.3, 0.4) is 0 Å². The summed E-state index contributed by atoms with van der Waals surface area (Å²) in [6.45, 7) is 2.25. The van der Waals surface area contributed by atoms with Gasteiger partial charge in [0, 0.05) is 0 Å². The maximum atomic E-state index is 6.40. The lowest BCUT2D eigenvalue weighted by Gasteiger charge is -2.28. The molecule has 0 aliphatic heterocycles. The minimum absolute atomic E-state index is 0.171. The van der Waals surface area contributed by atoms with Gasteiger partial charge in [0.1, 0.15) is 0 Å². The zero-order valence-electron chi connectivity index (χ0n) is 9.86. The van der Waals surface area contributed by atoms with Gasteiger partial charge in [-0.05, 0) is 0 Å². The van der Waals surface area contributed by atoms with E-state index in [0.717, 1.165) is 6.42 Å². The van der Waals surface area contributed by atoms with Gasteiger partial charge in [0.15, 0.2) is 0 Å². The van der Waals surface area contributed by atoms with E-state index in [4.69, 9.17) is 7.85 Å². The zero-order chi connectivity index (χ0) is 10.3. The first-order valence-electron chi connectivity index (χ1n) is 6.56. The first-order chi connectivity index (χ1) is 6.77. The van der Waals surface area contributed by atoms with Crippen molar-refractivity contribution in [1.29, 1.82) is 0 Å². The second kappa shape index (κ2) is 6.53. The maximum Gasteiger partial charge on any atom is 0.0746 e. The largest absolute Gasteiger partial charge is 0.0746 e. The molecule has 80 valence electrons. The van der Waals surface area contributed by atoms with Crippen molar-refractivity contribution in [1.82, 2.24) is 0 Å². The predicted octanol–water partition coefficient (Wildman–Crippen LogP) is 4.64. The molecule has 0 N–H and O–H groups in total. The van der Waals surface area contributed by atoms with Crippen molar-refractivity contribution in [3.8, 4) is 0 Å². The van der Waals surface area contributed by atoms with Crippen molar-refractivity contribution < 1.29 is 0 Å². The SMILES string of the molecule is [B]C1(CC)CCCCCCCCCC1. The van der Waals surface area contributed by atoms with Gasteiger partial charge in [0.2, 0.25) is 0 Å². The van der Waals surface area contributed by atoms with Crippen molar-refractivity contribution in [3.05, 3.63) is 0 Å². The minimum Gasteiger partial charge on any atom is -0.0663 e. The molecule has 0 bridgehead atoms. The molecule has 0 spiro atoms. The summed E-state index contributed by atoms with van der Waals surface area (Å²) in [6.07, 6.45) is 14.9. The molecule has 1 saturated carbocycles. The lowest BCUT2D eigenvalue weighted by molar-refractivity contribution is 0.425. The van der Waals surface area contributed by atoms with Crippen LogP contribution in [-0.4, -0.2) is 7.85 Å². The first-order valence-corrected chi connectivity index (χ1v) is 6.56. The molecule has 0 aromatic carbocycles. The number of hydrogen-bond donors (Lipinski definition) is 0. The summed E-state index contributed by atoms with van der Waals surface area (Å²) in [5.74, 6) is 0. The van der Waals surface area contributed by atoms with Crippen LogP contribution >= 0.6 is 0 Å². The van der Waals surface area contributed by atoms with E-state index in [9.17, 15) is 0 Å². The highest BCUT2D eigenvalue weighted by Crippen LogP contribution is 2.39. The minimum atomic E-state index is 0.171. The smallest absolute Gasteiger partial charge is 0.0663 e. The molecule has 0 saturated heterocycles. The molecule has 0 aromatic rings. The molecule has 0 atom stereocenters. The van der Waals surface area contributed by atoms with Gasteiger partial charge in [0.05, 0.1) is 7.85 Å². The summed E-state index contributed by atoms with van der Waals surface area (Å²) in [5, 5.41) is 0.171. The van der Waals surface area contributed by atoms with Crippen molar-refractivity contribution in [2.75, 3.05) is 0 Å². The molecule has 1 aliphatic carbocycles. The van der Waals surface area contributed by atoms with Crippen LogP contribution in [0.4, 0.5) is 0 Å². The van der Waals surface area contributed by atoms with Crippen molar-refractivity contribution >= 4 is 7.85 Å². The van der Waals surface area contributed by atoms with Gasteiger partial charge in [-0.3, -0.25) is 0 Å². The lowest BCUT2D eigenvalue weighted by atomic mass is 9.61. The molecular formula is C13H25B. The standard InChI is InChI=1S/C13H25B/c1-2-13(14)11-9-7-5-3-4-6-8-10-12-13/h2-12H2,1H3. The molecule has 0 amide bonds. The molecule has 2 radical (unpaired) electrons. The lowest BCUT2D eigenvalue weighted by Crippen LogP contribution is -2.11. The van der Waals surface area contributed by atoms with Crippen LogP contribution in [0.15, 0.2) is 0 Å². The van der Waals surface area contributed by atoms with Gasteiger partial charge in [0.25, 0.3) is 0 Å². The van der Waals surface area contributed by atoms with E-state index in [2.05, 4.69) is 6.92 Å². The van der Waals surface area contributed by atoms with Crippen LogP contribution < -0.4 is 0 Å². The molecule has 1 rings (SSSR count). The van der Waals surface area contributed by atoms with Crippen LogP contribution in [0.2, 0.25) is 5.31 Å². The molecule has 14 heavy (non-hydrogen) atoms. The Morgan fingerprint density at radius 2 is 1.14 bits per heavy atom. The Hall–Kier alpha value is 0.0649. The summed E-state index contributed by atoms with van der Waals surface area (Å²) in [7, 11) is 6.40. The fourth-order valence-corrected chi connectivity index (χ4v) is 2.49. The summed E-state index contributed by atoms with van der Waals surface area (Å²) in [6, 6.07) is 0. The van der Waals surface area contributed by atoms with Gasteiger partial charge >= 0.3 is 0 Å². The summed E-state index contributed by atoms with van der Waals surface area (Å²) < 4.78 is 0. The molecule has 1 fully saturated rings. The van der Waals surface area contributed by atoms with Gasteiger partial charge < -0.3 is 0 Å².